The number of benzene rings is 1. The Bertz CT molecular complexity index is 960. The van der Waals surface area contributed by atoms with E-state index in [0.717, 1.165) is 51.2 Å². The number of nitriles is 1. The Morgan fingerprint density at radius 1 is 1.12 bits per heavy atom. The maximum Gasteiger partial charge on any atom is 0.225 e. The van der Waals surface area contributed by atoms with Crippen molar-refractivity contribution in [2.24, 2.45) is 0 Å². The second-order valence-electron chi connectivity index (χ2n) is 5.93. The molecule has 1 aliphatic rings. The number of nitrogens with zero attached hydrogens (tertiary/aromatic N) is 3. The first-order valence-corrected chi connectivity index (χ1v) is 10.2. The van der Waals surface area contributed by atoms with E-state index in [1.807, 2.05) is 24.3 Å². The van der Waals surface area contributed by atoms with Gasteiger partial charge in [-0.05, 0) is 78.9 Å². The monoisotopic (exact) mass is 386 g/mol. The predicted molar refractivity (Wildman–Crippen MR) is 105 cm³/mol. The summed E-state index contributed by atoms with van der Waals surface area (Å²) in [6.07, 6.45) is 5.92. The lowest BCUT2D eigenvalue weighted by molar-refractivity contribution is 0.713. The Balaban J connectivity index is 1.75. The molecule has 0 radical (unpaired) electrons. The Hall–Kier alpha value is -1.81. The fourth-order valence-electron chi connectivity index (χ4n) is 3.19. The highest BCUT2D eigenvalue weighted by Crippen LogP contribution is 2.39. The van der Waals surface area contributed by atoms with Crippen molar-refractivity contribution in [3.8, 4) is 5.40 Å². The van der Waals surface area contributed by atoms with Crippen molar-refractivity contribution >= 4 is 56.4 Å². The van der Waals surface area contributed by atoms with E-state index < -0.39 is 0 Å². The highest BCUT2D eigenvalue weighted by molar-refractivity contribution is 8.03. The van der Waals surface area contributed by atoms with E-state index in [4.69, 9.17) is 16.9 Å². The van der Waals surface area contributed by atoms with Gasteiger partial charge in [0.15, 0.2) is 0 Å². The highest BCUT2D eigenvalue weighted by Gasteiger charge is 2.20. The van der Waals surface area contributed by atoms with Gasteiger partial charge < -0.3 is 5.32 Å². The molecule has 1 aromatic carbocycles. The number of hydrogen-bond donors (Lipinski definition) is 1. The van der Waals surface area contributed by atoms with Crippen LogP contribution in [0.3, 0.4) is 0 Å². The van der Waals surface area contributed by atoms with Crippen molar-refractivity contribution in [1.29, 1.82) is 5.26 Å². The summed E-state index contributed by atoms with van der Waals surface area (Å²) in [6.45, 7) is 0. The number of halogens is 1. The van der Waals surface area contributed by atoms with Gasteiger partial charge in [-0.15, -0.1) is 11.3 Å². The summed E-state index contributed by atoms with van der Waals surface area (Å²) in [6, 6.07) is 7.74. The summed E-state index contributed by atoms with van der Waals surface area (Å²) < 4.78 is 0. The number of hydrogen-bond acceptors (Lipinski definition) is 6. The van der Waals surface area contributed by atoms with Gasteiger partial charge in [0.25, 0.3) is 0 Å². The number of fused-ring (bicyclic) bond motifs is 3. The molecule has 1 N–H and O–H groups in total. The molecule has 25 heavy (non-hydrogen) atoms. The predicted octanol–water partition coefficient (Wildman–Crippen LogP) is 5.93. The van der Waals surface area contributed by atoms with Crippen LogP contribution in [0, 0.1) is 10.7 Å². The average Bonchev–Trinajstić information content (AvgIpc) is 2.78. The van der Waals surface area contributed by atoms with Gasteiger partial charge in [-0.2, -0.15) is 10.2 Å². The Morgan fingerprint density at radius 3 is 2.72 bits per heavy atom. The zero-order valence-corrected chi connectivity index (χ0v) is 15.8. The van der Waals surface area contributed by atoms with Crippen LogP contribution in [0.4, 0.5) is 11.5 Å². The third-order valence-electron chi connectivity index (χ3n) is 4.32. The van der Waals surface area contributed by atoms with Crippen molar-refractivity contribution in [3.05, 3.63) is 40.0 Å². The molecular formula is C18H15ClN4S2. The Labute approximate surface area is 159 Å². The van der Waals surface area contributed by atoms with Gasteiger partial charge in [-0.3, -0.25) is 0 Å². The summed E-state index contributed by atoms with van der Waals surface area (Å²) in [4.78, 5) is 12.2. The second kappa shape index (κ2) is 7.20. The molecule has 0 fully saturated rings. The largest absolute Gasteiger partial charge is 0.340 e. The molecule has 0 amide bonds. The zero-order chi connectivity index (χ0) is 17.2. The molecule has 126 valence electrons. The Morgan fingerprint density at radius 2 is 1.92 bits per heavy atom. The molecule has 0 aliphatic heterocycles. The molecule has 4 rings (SSSR count). The molecule has 1 aliphatic carbocycles. The molecule has 0 saturated carbocycles. The van der Waals surface area contributed by atoms with Crippen molar-refractivity contribution in [3.63, 3.8) is 0 Å². The summed E-state index contributed by atoms with van der Waals surface area (Å²) in [7, 11) is 0. The van der Waals surface area contributed by atoms with E-state index >= 15 is 0 Å². The first kappa shape index (κ1) is 16.6. The molecular weight excluding hydrogens is 372 g/mol. The van der Waals surface area contributed by atoms with Crippen LogP contribution in [0.25, 0.3) is 10.2 Å². The van der Waals surface area contributed by atoms with Crippen LogP contribution in [-0.4, -0.2) is 9.97 Å². The van der Waals surface area contributed by atoms with Gasteiger partial charge >= 0.3 is 0 Å². The van der Waals surface area contributed by atoms with Crippen LogP contribution in [0.5, 0.6) is 0 Å². The molecule has 0 atom stereocenters. The standard InChI is InChI=1S/C18H15ClN4S2/c19-18-22-16(21-11-6-8-12(9-7-11)24-10-20)15-13-4-2-1-3-5-14(13)25-17(15)23-18/h6-9H,1-5H2,(H,21,22,23). The fraction of sp³-hybridized carbons (Fsp3) is 0.278. The SMILES string of the molecule is N#CSc1ccc(Nc2nc(Cl)nc3sc4c(c23)CCCCC4)cc1. The molecule has 2 aromatic heterocycles. The van der Waals surface area contributed by atoms with E-state index in [9.17, 15) is 0 Å². The fourth-order valence-corrected chi connectivity index (χ4v) is 5.05. The maximum absolute atomic E-state index is 8.75. The van der Waals surface area contributed by atoms with E-state index in [1.165, 1.54) is 29.7 Å². The van der Waals surface area contributed by atoms with E-state index in [-0.39, 0.29) is 5.28 Å². The quantitative estimate of drug-likeness (QED) is 0.261. The van der Waals surface area contributed by atoms with Gasteiger partial charge in [0.05, 0.1) is 5.39 Å². The van der Waals surface area contributed by atoms with Crippen LogP contribution >= 0.6 is 34.7 Å². The van der Waals surface area contributed by atoms with E-state index in [1.54, 1.807) is 11.3 Å². The number of rotatable bonds is 3. The van der Waals surface area contributed by atoms with E-state index in [0.29, 0.717) is 0 Å². The van der Waals surface area contributed by atoms with Crippen LogP contribution in [0.15, 0.2) is 29.2 Å². The van der Waals surface area contributed by atoms with Crippen LogP contribution in [-0.2, 0) is 12.8 Å². The van der Waals surface area contributed by atoms with E-state index in [2.05, 4.69) is 20.7 Å². The first-order valence-electron chi connectivity index (χ1n) is 8.15. The lowest BCUT2D eigenvalue weighted by atomic mass is 10.1. The highest BCUT2D eigenvalue weighted by atomic mass is 35.5. The molecule has 7 heteroatoms. The number of thiocyanates is 1. The number of anilines is 2. The van der Waals surface area contributed by atoms with Crippen LogP contribution in [0.2, 0.25) is 5.28 Å². The minimum absolute atomic E-state index is 0.267. The van der Waals surface area contributed by atoms with Gasteiger partial charge in [0.2, 0.25) is 5.28 Å². The van der Waals surface area contributed by atoms with Crippen LogP contribution in [0.1, 0.15) is 29.7 Å². The molecule has 3 aromatic rings. The zero-order valence-electron chi connectivity index (χ0n) is 13.4. The number of thioether (sulfide) groups is 1. The molecule has 0 saturated heterocycles. The van der Waals surface area contributed by atoms with Crippen molar-refractivity contribution in [1.82, 2.24) is 9.97 Å². The molecule has 0 spiro atoms. The van der Waals surface area contributed by atoms with Gasteiger partial charge in [-0.1, -0.05) is 6.42 Å². The summed E-state index contributed by atoms with van der Waals surface area (Å²) in [5.74, 6) is 0.773. The Kier molecular flexibility index (Phi) is 4.80. The first-order chi connectivity index (χ1) is 12.2. The normalized spacial score (nSPS) is 13.9. The summed E-state index contributed by atoms with van der Waals surface area (Å²) in [5, 5.41) is 15.6. The van der Waals surface area contributed by atoms with Crippen molar-refractivity contribution in [2.75, 3.05) is 5.32 Å². The minimum Gasteiger partial charge on any atom is -0.340 e. The third kappa shape index (κ3) is 3.45. The van der Waals surface area contributed by atoms with Crippen molar-refractivity contribution < 1.29 is 0 Å². The maximum atomic E-state index is 8.75. The third-order valence-corrected chi connectivity index (χ3v) is 6.27. The molecule has 2 heterocycles. The summed E-state index contributed by atoms with van der Waals surface area (Å²) >= 11 is 9.05. The van der Waals surface area contributed by atoms with Gasteiger partial charge in [0, 0.05) is 15.5 Å². The smallest absolute Gasteiger partial charge is 0.225 e. The van der Waals surface area contributed by atoms with Gasteiger partial charge in [0.1, 0.15) is 16.0 Å². The number of thiophene rings is 1. The average molecular weight is 387 g/mol. The van der Waals surface area contributed by atoms with Crippen molar-refractivity contribution in [2.45, 2.75) is 37.0 Å². The van der Waals surface area contributed by atoms with Gasteiger partial charge in [-0.25, -0.2) is 4.98 Å². The number of nitrogens with one attached hydrogen (secondary N) is 1. The lowest BCUT2D eigenvalue weighted by Crippen LogP contribution is -1.98. The van der Waals surface area contributed by atoms with Crippen LogP contribution < -0.4 is 5.32 Å². The lowest BCUT2D eigenvalue weighted by Gasteiger charge is -2.09. The minimum atomic E-state index is 0.267. The number of aryl methyl sites for hydroxylation is 2. The number of aromatic nitrogens is 2. The second-order valence-corrected chi connectivity index (χ2v) is 8.21. The molecule has 0 bridgehead atoms. The topological polar surface area (TPSA) is 61.6 Å². The molecule has 0 unspecified atom stereocenters. The summed E-state index contributed by atoms with van der Waals surface area (Å²) in [5.41, 5.74) is 2.31. The molecule has 4 nitrogen and oxygen atoms in total.